The van der Waals surface area contributed by atoms with Crippen LogP contribution in [-0.4, -0.2) is 51.7 Å². The van der Waals surface area contributed by atoms with Gasteiger partial charge in [0.25, 0.3) is 5.91 Å². The van der Waals surface area contributed by atoms with E-state index < -0.39 is 0 Å². The molecular weight excluding hydrogens is 312 g/mol. The summed E-state index contributed by atoms with van der Waals surface area (Å²) in [5.41, 5.74) is 2.87. The lowest BCUT2D eigenvalue weighted by Gasteiger charge is -2.34. The highest BCUT2D eigenvalue weighted by molar-refractivity contribution is 6.30. The quantitative estimate of drug-likeness (QED) is 0.866. The molecule has 2 heterocycles. The molecule has 122 valence electrons. The van der Waals surface area contributed by atoms with Crippen LogP contribution in [0.4, 0.5) is 0 Å². The molecule has 0 unspecified atom stereocenters. The van der Waals surface area contributed by atoms with Gasteiger partial charge in [0.15, 0.2) is 0 Å². The largest absolute Gasteiger partial charge is 0.336 e. The Kier molecular flexibility index (Phi) is 4.68. The van der Waals surface area contributed by atoms with Gasteiger partial charge in [-0.05, 0) is 24.6 Å². The van der Waals surface area contributed by atoms with Crippen molar-refractivity contribution in [1.29, 1.82) is 0 Å². The zero-order valence-electron chi connectivity index (χ0n) is 13.5. The molecule has 1 aliphatic rings. The average Bonchev–Trinajstić information content (AvgIpc) is 2.89. The summed E-state index contributed by atoms with van der Waals surface area (Å²) in [6.07, 6.45) is 1.66. The topological polar surface area (TPSA) is 41.4 Å². The molecule has 0 spiro atoms. The minimum absolute atomic E-state index is 0.0849. The van der Waals surface area contributed by atoms with Crippen LogP contribution in [-0.2, 0) is 13.6 Å². The Labute approximate surface area is 141 Å². The summed E-state index contributed by atoms with van der Waals surface area (Å²) in [6, 6.07) is 7.95. The van der Waals surface area contributed by atoms with Gasteiger partial charge >= 0.3 is 0 Å². The van der Waals surface area contributed by atoms with Crippen LogP contribution in [0.3, 0.4) is 0 Å². The molecule has 2 aromatic rings. The van der Waals surface area contributed by atoms with E-state index >= 15 is 0 Å². The van der Waals surface area contributed by atoms with Gasteiger partial charge in [-0.3, -0.25) is 14.4 Å². The fourth-order valence-electron chi connectivity index (χ4n) is 2.84. The average molecular weight is 333 g/mol. The number of nitrogens with zero attached hydrogens (tertiary/aromatic N) is 4. The Morgan fingerprint density at radius 2 is 1.83 bits per heavy atom. The van der Waals surface area contributed by atoms with Crippen LogP contribution in [0.1, 0.15) is 21.6 Å². The summed E-state index contributed by atoms with van der Waals surface area (Å²) in [7, 11) is 1.86. The monoisotopic (exact) mass is 332 g/mol. The van der Waals surface area contributed by atoms with Gasteiger partial charge in [-0.2, -0.15) is 5.10 Å². The van der Waals surface area contributed by atoms with Crippen LogP contribution >= 0.6 is 11.6 Å². The second-order valence-electron chi connectivity index (χ2n) is 5.96. The van der Waals surface area contributed by atoms with E-state index in [9.17, 15) is 4.79 Å². The lowest BCUT2D eigenvalue weighted by Crippen LogP contribution is -2.48. The Hall–Kier alpha value is -1.85. The van der Waals surface area contributed by atoms with Crippen molar-refractivity contribution in [1.82, 2.24) is 19.6 Å². The second kappa shape index (κ2) is 6.72. The van der Waals surface area contributed by atoms with Gasteiger partial charge in [-0.25, -0.2) is 0 Å². The number of aromatic nitrogens is 2. The number of rotatable bonds is 3. The van der Waals surface area contributed by atoms with E-state index in [1.807, 2.05) is 31.0 Å². The first-order valence-electron chi connectivity index (χ1n) is 7.79. The Bertz CT molecular complexity index is 687. The summed E-state index contributed by atoms with van der Waals surface area (Å²) in [5, 5.41) is 4.92. The summed E-state index contributed by atoms with van der Waals surface area (Å²) in [4.78, 5) is 16.9. The zero-order chi connectivity index (χ0) is 16.4. The molecule has 1 fully saturated rings. The maximum Gasteiger partial charge on any atom is 0.257 e. The van der Waals surface area contributed by atoms with E-state index in [0.717, 1.165) is 43.4 Å². The molecule has 1 aliphatic heterocycles. The molecule has 1 saturated heterocycles. The normalized spacial score (nSPS) is 15.9. The number of halogens is 1. The maximum atomic E-state index is 12.6. The van der Waals surface area contributed by atoms with E-state index in [1.54, 1.807) is 10.9 Å². The highest BCUT2D eigenvalue weighted by atomic mass is 35.5. The molecular formula is C17H21ClN4O. The lowest BCUT2D eigenvalue weighted by molar-refractivity contribution is 0.0627. The fourth-order valence-corrected chi connectivity index (χ4v) is 2.96. The van der Waals surface area contributed by atoms with Gasteiger partial charge in [0, 0.05) is 50.5 Å². The van der Waals surface area contributed by atoms with Crippen molar-refractivity contribution >= 4 is 17.5 Å². The Morgan fingerprint density at radius 1 is 1.17 bits per heavy atom. The van der Waals surface area contributed by atoms with Gasteiger partial charge in [-0.15, -0.1) is 0 Å². The SMILES string of the molecule is Cc1c(C(=O)N2CCN(Cc3ccc(Cl)cc3)CC2)cnn1C. The van der Waals surface area contributed by atoms with Gasteiger partial charge in [-0.1, -0.05) is 23.7 Å². The number of benzene rings is 1. The van der Waals surface area contributed by atoms with Crippen LogP contribution in [0.5, 0.6) is 0 Å². The highest BCUT2D eigenvalue weighted by Gasteiger charge is 2.24. The zero-order valence-corrected chi connectivity index (χ0v) is 14.3. The first-order valence-corrected chi connectivity index (χ1v) is 8.17. The fraction of sp³-hybridized carbons (Fsp3) is 0.412. The Balaban J connectivity index is 1.57. The third kappa shape index (κ3) is 3.57. The predicted octanol–water partition coefficient (Wildman–Crippen LogP) is 2.34. The van der Waals surface area contributed by atoms with Crippen molar-refractivity contribution in [3.8, 4) is 0 Å². The lowest BCUT2D eigenvalue weighted by atomic mass is 10.1. The molecule has 0 aliphatic carbocycles. The molecule has 3 rings (SSSR count). The molecule has 0 bridgehead atoms. The number of piperazine rings is 1. The van der Waals surface area contributed by atoms with E-state index in [-0.39, 0.29) is 5.91 Å². The minimum atomic E-state index is 0.0849. The van der Waals surface area contributed by atoms with E-state index in [1.165, 1.54) is 5.56 Å². The van der Waals surface area contributed by atoms with Crippen LogP contribution in [0.25, 0.3) is 0 Å². The molecule has 23 heavy (non-hydrogen) atoms. The molecule has 0 N–H and O–H groups in total. The molecule has 5 nitrogen and oxygen atoms in total. The van der Waals surface area contributed by atoms with Crippen molar-refractivity contribution < 1.29 is 4.79 Å². The van der Waals surface area contributed by atoms with Gasteiger partial charge in [0.1, 0.15) is 0 Å². The van der Waals surface area contributed by atoms with Crippen LogP contribution in [0.2, 0.25) is 5.02 Å². The molecule has 0 saturated carbocycles. The number of hydrogen-bond acceptors (Lipinski definition) is 3. The molecule has 1 amide bonds. The highest BCUT2D eigenvalue weighted by Crippen LogP contribution is 2.15. The number of hydrogen-bond donors (Lipinski definition) is 0. The van der Waals surface area contributed by atoms with Crippen LogP contribution < -0.4 is 0 Å². The van der Waals surface area contributed by atoms with Crippen molar-refractivity contribution in [3.05, 3.63) is 52.3 Å². The minimum Gasteiger partial charge on any atom is -0.336 e. The van der Waals surface area contributed by atoms with Gasteiger partial charge in [0.2, 0.25) is 0 Å². The second-order valence-corrected chi connectivity index (χ2v) is 6.40. The first-order chi connectivity index (χ1) is 11.0. The molecule has 0 atom stereocenters. The maximum absolute atomic E-state index is 12.6. The third-order valence-corrected chi connectivity index (χ3v) is 4.70. The van der Waals surface area contributed by atoms with Crippen molar-refractivity contribution in [2.24, 2.45) is 7.05 Å². The van der Waals surface area contributed by atoms with Gasteiger partial charge < -0.3 is 4.90 Å². The van der Waals surface area contributed by atoms with Gasteiger partial charge in [0.05, 0.1) is 11.8 Å². The standard InChI is InChI=1S/C17H21ClN4O/c1-13-16(11-19-20(13)2)17(23)22-9-7-21(8-10-22)12-14-3-5-15(18)6-4-14/h3-6,11H,7-10,12H2,1-2H3. The van der Waals surface area contributed by atoms with Crippen molar-refractivity contribution in [2.45, 2.75) is 13.5 Å². The van der Waals surface area contributed by atoms with Crippen molar-refractivity contribution in [3.63, 3.8) is 0 Å². The van der Waals surface area contributed by atoms with Crippen molar-refractivity contribution in [2.75, 3.05) is 26.2 Å². The number of amides is 1. The predicted molar refractivity (Wildman–Crippen MR) is 90.6 cm³/mol. The number of carbonyl (C=O) groups excluding carboxylic acids is 1. The molecule has 0 radical (unpaired) electrons. The van der Waals surface area contributed by atoms with E-state index in [2.05, 4.69) is 22.1 Å². The Morgan fingerprint density at radius 3 is 2.39 bits per heavy atom. The smallest absolute Gasteiger partial charge is 0.257 e. The van der Waals surface area contributed by atoms with E-state index in [4.69, 9.17) is 11.6 Å². The third-order valence-electron chi connectivity index (χ3n) is 4.44. The summed E-state index contributed by atoms with van der Waals surface area (Å²) in [6.45, 7) is 6.09. The summed E-state index contributed by atoms with van der Waals surface area (Å²) in [5.74, 6) is 0.0849. The van der Waals surface area contributed by atoms with Crippen LogP contribution in [0.15, 0.2) is 30.5 Å². The van der Waals surface area contributed by atoms with Crippen LogP contribution in [0, 0.1) is 6.92 Å². The number of aryl methyl sites for hydroxylation is 1. The summed E-state index contributed by atoms with van der Waals surface area (Å²) >= 11 is 5.92. The molecule has 6 heteroatoms. The molecule has 1 aromatic heterocycles. The summed E-state index contributed by atoms with van der Waals surface area (Å²) < 4.78 is 1.74. The number of carbonyl (C=O) groups is 1. The molecule has 1 aromatic carbocycles. The van der Waals surface area contributed by atoms with E-state index in [0.29, 0.717) is 5.56 Å². The first kappa shape index (κ1) is 16.0.